The second kappa shape index (κ2) is 8.03. The third-order valence-electron chi connectivity index (χ3n) is 5.09. The van der Waals surface area contributed by atoms with Crippen molar-refractivity contribution >= 4 is 11.7 Å². The number of aromatic nitrogens is 1. The van der Waals surface area contributed by atoms with Crippen molar-refractivity contribution in [3.63, 3.8) is 0 Å². The van der Waals surface area contributed by atoms with Crippen molar-refractivity contribution < 1.29 is 14.6 Å². The number of pyridine rings is 1. The summed E-state index contributed by atoms with van der Waals surface area (Å²) in [5.74, 6) is 0.0409. The summed E-state index contributed by atoms with van der Waals surface area (Å²) in [5.41, 5.74) is 4.39. The van der Waals surface area contributed by atoms with Crippen molar-refractivity contribution in [2.24, 2.45) is 0 Å². The largest absolute Gasteiger partial charge is 0.493 e. The van der Waals surface area contributed by atoms with E-state index in [-0.39, 0.29) is 11.5 Å². The van der Waals surface area contributed by atoms with E-state index in [0.29, 0.717) is 24.4 Å². The lowest BCUT2D eigenvalue weighted by Crippen LogP contribution is -2.21. The van der Waals surface area contributed by atoms with Crippen LogP contribution in [0.25, 0.3) is 11.1 Å². The van der Waals surface area contributed by atoms with Gasteiger partial charge in [0.15, 0.2) is 0 Å². The van der Waals surface area contributed by atoms with Gasteiger partial charge in [0.1, 0.15) is 5.75 Å². The standard InChI is InChI=1S/C23H19N3O3/c24-12-15-2-1-3-16(10-15)17-4-5-19-18(7-9-29-22(19)11-17)13-26-21-14-25-8-6-20(21)23(27)28/h1-6,8,10-11,14,18,26H,7,9,13H2,(H,27,28). The maximum absolute atomic E-state index is 11.4. The van der Waals surface area contributed by atoms with Crippen LogP contribution in [0.4, 0.5) is 5.69 Å². The first-order valence-electron chi connectivity index (χ1n) is 9.34. The van der Waals surface area contributed by atoms with Crippen molar-refractivity contribution in [2.45, 2.75) is 12.3 Å². The molecule has 2 heterocycles. The number of ether oxygens (including phenoxy) is 1. The second-order valence-electron chi connectivity index (χ2n) is 6.89. The number of carboxylic acid groups (broad SMARTS) is 1. The van der Waals surface area contributed by atoms with Crippen molar-refractivity contribution in [1.82, 2.24) is 4.98 Å². The Morgan fingerprint density at radius 2 is 2.10 bits per heavy atom. The highest BCUT2D eigenvalue weighted by Crippen LogP contribution is 2.37. The fourth-order valence-corrected chi connectivity index (χ4v) is 3.58. The highest BCUT2D eigenvalue weighted by Gasteiger charge is 2.22. The van der Waals surface area contributed by atoms with Gasteiger partial charge in [0.2, 0.25) is 0 Å². The summed E-state index contributed by atoms with van der Waals surface area (Å²) >= 11 is 0. The van der Waals surface area contributed by atoms with E-state index in [2.05, 4.69) is 22.4 Å². The lowest BCUT2D eigenvalue weighted by atomic mass is 9.90. The average molecular weight is 385 g/mol. The van der Waals surface area contributed by atoms with Gasteiger partial charge in [-0.25, -0.2) is 4.79 Å². The van der Waals surface area contributed by atoms with E-state index >= 15 is 0 Å². The van der Waals surface area contributed by atoms with Gasteiger partial charge in [0.25, 0.3) is 0 Å². The molecule has 6 heteroatoms. The Balaban J connectivity index is 1.56. The Labute approximate surface area is 168 Å². The smallest absolute Gasteiger partial charge is 0.337 e. The SMILES string of the molecule is N#Cc1cccc(-c2ccc3c(c2)OCCC3CNc2cnccc2C(=O)O)c1. The monoisotopic (exact) mass is 385 g/mol. The molecule has 0 aliphatic carbocycles. The summed E-state index contributed by atoms with van der Waals surface area (Å²) in [6, 6.07) is 17.2. The molecule has 1 aliphatic heterocycles. The molecule has 4 rings (SSSR count). The maximum atomic E-state index is 11.4. The number of hydrogen-bond acceptors (Lipinski definition) is 5. The summed E-state index contributed by atoms with van der Waals surface area (Å²) in [7, 11) is 0. The quantitative estimate of drug-likeness (QED) is 0.680. The Kier molecular flexibility index (Phi) is 5.12. The number of benzene rings is 2. The zero-order valence-corrected chi connectivity index (χ0v) is 15.6. The number of anilines is 1. The predicted molar refractivity (Wildman–Crippen MR) is 109 cm³/mol. The fraction of sp³-hybridized carbons (Fsp3) is 0.174. The van der Waals surface area contributed by atoms with E-state index in [9.17, 15) is 9.90 Å². The van der Waals surface area contributed by atoms with Gasteiger partial charge < -0.3 is 15.2 Å². The molecule has 0 amide bonds. The van der Waals surface area contributed by atoms with E-state index in [1.165, 1.54) is 18.5 Å². The number of carboxylic acids is 1. The first-order valence-corrected chi connectivity index (χ1v) is 9.34. The maximum Gasteiger partial charge on any atom is 0.337 e. The van der Waals surface area contributed by atoms with E-state index < -0.39 is 5.97 Å². The minimum absolute atomic E-state index is 0.195. The number of nitrogens with zero attached hydrogens (tertiary/aromatic N) is 2. The highest BCUT2D eigenvalue weighted by molar-refractivity contribution is 5.93. The van der Waals surface area contributed by atoms with Crippen LogP contribution in [0.5, 0.6) is 5.75 Å². The van der Waals surface area contributed by atoms with Gasteiger partial charge in [-0.1, -0.05) is 24.3 Å². The number of nitrogens with one attached hydrogen (secondary N) is 1. The first kappa shape index (κ1) is 18.5. The normalized spacial score (nSPS) is 14.9. The van der Waals surface area contributed by atoms with Gasteiger partial charge in [0.05, 0.1) is 35.7 Å². The van der Waals surface area contributed by atoms with Crippen LogP contribution in [0.1, 0.15) is 33.8 Å². The average Bonchev–Trinajstić information content (AvgIpc) is 2.77. The van der Waals surface area contributed by atoms with Gasteiger partial charge in [-0.05, 0) is 47.4 Å². The summed E-state index contributed by atoms with van der Waals surface area (Å²) in [5, 5.41) is 21.7. The molecule has 144 valence electrons. The summed E-state index contributed by atoms with van der Waals surface area (Å²) < 4.78 is 5.89. The lowest BCUT2D eigenvalue weighted by molar-refractivity contribution is 0.0697. The topological polar surface area (TPSA) is 95.2 Å². The van der Waals surface area contributed by atoms with Crippen molar-refractivity contribution in [1.29, 1.82) is 5.26 Å². The third-order valence-corrected chi connectivity index (χ3v) is 5.09. The number of carbonyl (C=O) groups is 1. The number of rotatable bonds is 5. The molecule has 0 spiro atoms. The van der Waals surface area contributed by atoms with Crippen LogP contribution in [0.15, 0.2) is 60.9 Å². The summed E-state index contributed by atoms with van der Waals surface area (Å²) in [4.78, 5) is 15.4. The first-order chi connectivity index (χ1) is 14.2. The molecule has 0 radical (unpaired) electrons. The zero-order valence-electron chi connectivity index (χ0n) is 15.6. The molecule has 1 unspecified atom stereocenters. The van der Waals surface area contributed by atoms with Crippen LogP contribution < -0.4 is 10.1 Å². The van der Waals surface area contributed by atoms with Crippen LogP contribution in [0.3, 0.4) is 0 Å². The fourth-order valence-electron chi connectivity index (χ4n) is 3.58. The Bertz CT molecular complexity index is 1100. The van der Waals surface area contributed by atoms with E-state index in [1.54, 1.807) is 6.07 Å². The lowest BCUT2D eigenvalue weighted by Gasteiger charge is -2.27. The molecule has 3 aromatic rings. The van der Waals surface area contributed by atoms with E-state index in [4.69, 9.17) is 10.00 Å². The van der Waals surface area contributed by atoms with Gasteiger partial charge in [0, 0.05) is 18.7 Å². The Morgan fingerprint density at radius 1 is 1.24 bits per heavy atom. The molecule has 2 N–H and O–H groups in total. The van der Waals surface area contributed by atoms with Gasteiger partial charge in [-0.2, -0.15) is 5.26 Å². The summed E-state index contributed by atoms with van der Waals surface area (Å²) in [6.07, 6.45) is 3.85. The minimum Gasteiger partial charge on any atom is -0.493 e. The second-order valence-corrected chi connectivity index (χ2v) is 6.89. The van der Waals surface area contributed by atoms with Gasteiger partial charge in [-0.15, -0.1) is 0 Å². The number of hydrogen-bond donors (Lipinski definition) is 2. The molecule has 0 fully saturated rings. The molecule has 1 aromatic heterocycles. The molecule has 2 aromatic carbocycles. The molecule has 0 saturated heterocycles. The van der Waals surface area contributed by atoms with Crippen LogP contribution in [0, 0.1) is 11.3 Å². The Hall–Kier alpha value is -3.85. The number of aromatic carboxylic acids is 1. The highest BCUT2D eigenvalue weighted by atomic mass is 16.5. The number of fused-ring (bicyclic) bond motifs is 1. The molecule has 6 nitrogen and oxygen atoms in total. The van der Waals surface area contributed by atoms with Crippen molar-refractivity contribution in [2.75, 3.05) is 18.5 Å². The molecule has 0 bridgehead atoms. The Morgan fingerprint density at radius 3 is 2.93 bits per heavy atom. The van der Waals surface area contributed by atoms with Crippen molar-refractivity contribution in [3.05, 3.63) is 77.6 Å². The molecule has 29 heavy (non-hydrogen) atoms. The van der Waals surface area contributed by atoms with E-state index in [0.717, 1.165) is 28.9 Å². The van der Waals surface area contributed by atoms with Gasteiger partial charge in [-0.3, -0.25) is 4.98 Å². The predicted octanol–water partition coefficient (Wildman–Crippen LogP) is 4.30. The van der Waals surface area contributed by atoms with Crippen LogP contribution in [-0.4, -0.2) is 29.2 Å². The van der Waals surface area contributed by atoms with E-state index in [1.807, 2.05) is 30.3 Å². The van der Waals surface area contributed by atoms with Crippen LogP contribution >= 0.6 is 0 Å². The van der Waals surface area contributed by atoms with Gasteiger partial charge >= 0.3 is 5.97 Å². The molecule has 1 aliphatic rings. The summed E-state index contributed by atoms with van der Waals surface area (Å²) in [6.45, 7) is 1.19. The molecule has 1 atom stereocenters. The molecule has 0 saturated carbocycles. The molecular weight excluding hydrogens is 366 g/mol. The van der Waals surface area contributed by atoms with Crippen molar-refractivity contribution in [3.8, 4) is 22.9 Å². The third kappa shape index (κ3) is 3.90. The van der Waals surface area contributed by atoms with Crippen LogP contribution in [-0.2, 0) is 0 Å². The molecular formula is C23H19N3O3. The zero-order chi connectivity index (χ0) is 20.2. The number of nitriles is 1. The van der Waals surface area contributed by atoms with Crippen LogP contribution in [0.2, 0.25) is 0 Å². The minimum atomic E-state index is -0.980.